The van der Waals surface area contributed by atoms with Gasteiger partial charge in [0.2, 0.25) is 5.91 Å². The molecule has 114 valence electrons. The quantitative estimate of drug-likeness (QED) is 0.890. The molecule has 2 aliphatic rings. The van der Waals surface area contributed by atoms with Crippen LogP contribution in [0.25, 0.3) is 0 Å². The number of hydrogen-bond donors (Lipinski definition) is 1. The van der Waals surface area contributed by atoms with Crippen LogP contribution in [-0.4, -0.2) is 37.0 Å². The van der Waals surface area contributed by atoms with Gasteiger partial charge in [0.25, 0.3) is 0 Å². The largest absolute Gasteiger partial charge is 0.342 e. The Kier molecular flexibility index (Phi) is 4.54. The fraction of sp³-hybridized carbons (Fsp3) is 0.588. The van der Waals surface area contributed by atoms with Crippen molar-refractivity contribution in [1.82, 2.24) is 4.90 Å². The molecule has 0 aliphatic carbocycles. The number of likely N-dealkylation sites (tertiary alicyclic amines) is 2. The number of hydrogen-bond acceptors (Lipinski definition) is 1. The van der Waals surface area contributed by atoms with Gasteiger partial charge >= 0.3 is 0 Å². The summed E-state index contributed by atoms with van der Waals surface area (Å²) in [5.41, 5.74) is 0.766. The molecule has 21 heavy (non-hydrogen) atoms. The van der Waals surface area contributed by atoms with Crippen molar-refractivity contribution in [2.75, 3.05) is 26.2 Å². The molecule has 1 aromatic rings. The van der Waals surface area contributed by atoms with Crippen LogP contribution >= 0.6 is 0 Å². The number of halogens is 1. The smallest absolute Gasteiger partial charge is 0.231 e. The third kappa shape index (κ3) is 3.43. The van der Waals surface area contributed by atoms with Gasteiger partial charge in [-0.3, -0.25) is 4.79 Å². The molecule has 0 bridgehead atoms. The summed E-state index contributed by atoms with van der Waals surface area (Å²) < 4.78 is 13.8. The molecule has 3 nitrogen and oxygen atoms in total. The van der Waals surface area contributed by atoms with Crippen molar-refractivity contribution in [2.45, 2.75) is 32.2 Å². The molecular formula is C17H24FN2O+. The van der Waals surface area contributed by atoms with E-state index in [1.165, 1.54) is 11.0 Å². The van der Waals surface area contributed by atoms with Crippen LogP contribution < -0.4 is 4.90 Å². The van der Waals surface area contributed by atoms with Gasteiger partial charge < -0.3 is 9.80 Å². The molecule has 4 heteroatoms. The van der Waals surface area contributed by atoms with Crippen LogP contribution in [0.1, 0.15) is 31.2 Å². The van der Waals surface area contributed by atoms with Crippen LogP contribution in [0.15, 0.2) is 24.3 Å². The highest BCUT2D eigenvalue weighted by Crippen LogP contribution is 2.16. The Labute approximate surface area is 125 Å². The summed E-state index contributed by atoms with van der Waals surface area (Å²) in [7, 11) is 0. The second-order valence-electron chi connectivity index (χ2n) is 6.34. The predicted molar refractivity (Wildman–Crippen MR) is 79.3 cm³/mol. The Morgan fingerprint density at radius 2 is 2.00 bits per heavy atom. The van der Waals surface area contributed by atoms with E-state index < -0.39 is 0 Å². The SMILES string of the molecule is O=C([C@H]1CCC[NH+](Cc2ccccc2F)C1)N1CCCC1. The molecule has 2 atom stereocenters. The lowest BCUT2D eigenvalue weighted by Crippen LogP contribution is -3.12. The highest BCUT2D eigenvalue weighted by Gasteiger charge is 2.32. The fourth-order valence-corrected chi connectivity index (χ4v) is 3.63. The van der Waals surface area contributed by atoms with Crippen LogP contribution in [0.3, 0.4) is 0 Å². The lowest BCUT2D eigenvalue weighted by atomic mass is 9.96. The molecule has 0 spiro atoms. The minimum atomic E-state index is -0.127. The molecule has 2 aliphatic heterocycles. The van der Waals surface area contributed by atoms with E-state index in [0.29, 0.717) is 12.5 Å². The minimum absolute atomic E-state index is 0.127. The van der Waals surface area contributed by atoms with E-state index in [-0.39, 0.29) is 11.7 Å². The van der Waals surface area contributed by atoms with Gasteiger partial charge in [0, 0.05) is 18.7 Å². The molecule has 1 aromatic carbocycles. The van der Waals surface area contributed by atoms with Gasteiger partial charge in [-0.2, -0.15) is 0 Å². The van der Waals surface area contributed by atoms with Gasteiger partial charge in [-0.05, 0) is 31.7 Å². The Balaban J connectivity index is 1.60. The van der Waals surface area contributed by atoms with Crippen molar-refractivity contribution in [3.8, 4) is 0 Å². The van der Waals surface area contributed by atoms with Crippen molar-refractivity contribution in [2.24, 2.45) is 5.92 Å². The zero-order chi connectivity index (χ0) is 14.7. The van der Waals surface area contributed by atoms with Gasteiger partial charge in [-0.25, -0.2) is 4.39 Å². The van der Waals surface area contributed by atoms with Crippen LogP contribution in [-0.2, 0) is 11.3 Å². The summed E-state index contributed by atoms with van der Waals surface area (Å²) in [5.74, 6) is 0.342. The maximum atomic E-state index is 13.8. The lowest BCUT2D eigenvalue weighted by molar-refractivity contribution is -0.921. The van der Waals surface area contributed by atoms with Crippen LogP contribution in [0.2, 0.25) is 0 Å². The number of benzene rings is 1. The monoisotopic (exact) mass is 291 g/mol. The van der Waals surface area contributed by atoms with Gasteiger partial charge in [0.1, 0.15) is 12.4 Å². The van der Waals surface area contributed by atoms with Gasteiger partial charge in [-0.15, -0.1) is 0 Å². The average Bonchev–Trinajstić information content (AvgIpc) is 3.03. The second kappa shape index (κ2) is 6.56. The Morgan fingerprint density at radius 3 is 2.76 bits per heavy atom. The van der Waals surface area contributed by atoms with Crippen LogP contribution in [0, 0.1) is 11.7 Å². The minimum Gasteiger partial charge on any atom is -0.342 e. The van der Waals surface area contributed by atoms with Gasteiger partial charge in [-0.1, -0.05) is 18.2 Å². The van der Waals surface area contributed by atoms with Crippen LogP contribution in [0.5, 0.6) is 0 Å². The third-order valence-electron chi connectivity index (χ3n) is 4.78. The summed E-state index contributed by atoms with van der Waals surface area (Å²) in [6, 6.07) is 6.98. The zero-order valence-electron chi connectivity index (χ0n) is 12.5. The number of nitrogens with one attached hydrogen (secondary N) is 1. The normalized spacial score (nSPS) is 26.0. The molecule has 1 N–H and O–H groups in total. The van der Waals surface area contributed by atoms with Crippen molar-refractivity contribution < 1.29 is 14.1 Å². The number of nitrogens with zero attached hydrogens (tertiary/aromatic N) is 1. The molecule has 0 aromatic heterocycles. The third-order valence-corrected chi connectivity index (χ3v) is 4.78. The molecule has 1 amide bonds. The number of piperidine rings is 1. The lowest BCUT2D eigenvalue weighted by Gasteiger charge is -2.31. The number of rotatable bonds is 3. The zero-order valence-corrected chi connectivity index (χ0v) is 12.5. The summed E-state index contributed by atoms with van der Waals surface area (Å²) >= 11 is 0. The maximum absolute atomic E-state index is 13.8. The predicted octanol–water partition coefficient (Wildman–Crippen LogP) is 1.24. The first-order chi connectivity index (χ1) is 10.2. The standard InChI is InChI=1S/C17H23FN2O/c18-16-8-2-1-6-14(16)12-19-9-5-7-15(13-19)17(21)20-10-3-4-11-20/h1-2,6,8,15H,3-5,7,9-13H2/p+1/t15-/m0/s1. The Morgan fingerprint density at radius 1 is 1.24 bits per heavy atom. The van der Waals surface area contributed by atoms with Crippen molar-refractivity contribution in [1.29, 1.82) is 0 Å². The van der Waals surface area contributed by atoms with E-state index in [4.69, 9.17) is 0 Å². The van der Waals surface area contributed by atoms with Gasteiger partial charge in [0.05, 0.1) is 19.0 Å². The molecule has 2 heterocycles. The average molecular weight is 291 g/mol. The van der Waals surface area contributed by atoms with E-state index in [9.17, 15) is 9.18 Å². The topological polar surface area (TPSA) is 24.8 Å². The number of carbonyl (C=O) groups excluding carboxylic acids is 1. The first kappa shape index (κ1) is 14.5. The number of amides is 1. The van der Waals surface area contributed by atoms with Crippen molar-refractivity contribution in [3.63, 3.8) is 0 Å². The van der Waals surface area contributed by atoms with E-state index in [1.807, 2.05) is 17.0 Å². The van der Waals surface area contributed by atoms with E-state index >= 15 is 0 Å². The molecule has 3 rings (SSSR count). The summed E-state index contributed by atoms with van der Waals surface area (Å²) in [5, 5.41) is 0. The van der Waals surface area contributed by atoms with Crippen LogP contribution in [0.4, 0.5) is 4.39 Å². The molecule has 0 saturated carbocycles. The summed E-state index contributed by atoms with van der Waals surface area (Å²) in [4.78, 5) is 15.9. The molecule has 2 fully saturated rings. The highest BCUT2D eigenvalue weighted by molar-refractivity contribution is 5.79. The number of carbonyl (C=O) groups is 1. The molecule has 0 radical (unpaired) electrons. The Hall–Kier alpha value is -1.42. The Bertz CT molecular complexity index is 499. The highest BCUT2D eigenvalue weighted by atomic mass is 19.1. The van der Waals surface area contributed by atoms with E-state index in [0.717, 1.165) is 57.4 Å². The second-order valence-corrected chi connectivity index (χ2v) is 6.34. The van der Waals surface area contributed by atoms with Gasteiger partial charge in [0.15, 0.2) is 0 Å². The number of quaternary nitrogens is 1. The van der Waals surface area contributed by atoms with Crippen molar-refractivity contribution >= 4 is 5.91 Å². The fourth-order valence-electron chi connectivity index (χ4n) is 3.63. The molecule has 2 saturated heterocycles. The maximum Gasteiger partial charge on any atom is 0.231 e. The molecular weight excluding hydrogens is 267 g/mol. The first-order valence-corrected chi connectivity index (χ1v) is 8.10. The summed E-state index contributed by atoms with van der Waals surface area (Å²) in [6.07, 6.45) is 4.35. The first-order valence-electron chi connectivity index (χ1n) is 8.10. The van der Waals surface area contributed by atoms with Crippen molar-refractivity contribution in [3.05, 3.63) is 35.6 Å². The van der Waals surface area contributed by atoms with E-state index in [1.54, 1.807) is 6.07 Å². The van der Waals surface area contributed by atoms with E-state index in [2.05, 4.69) is 0 Å². The molecule has 1 unspecified atom stereocenters. The summed E-state index contributed by atoms with van der Waals surface area (Å²) in [6.45, 7) is 4.44.